The molecule has 0 bridgehead atoms. The molecule has 0 saturated heterocycles. The second-order valence-corrected chi connectivity index (χ2v) is 5.98. The van der Waals surface area contributed by atoms with Crippen LogP contribution in [0.3, 0.4) is 0 Å². The molecule has 0 aliphatic heterocycles. The van der Waals surface area contributed by atoms with E-state index in [0.29, 0.717) is 6.54 Å². The fourth-order valence-corrected chi connectivity index (χ4v) is 2.01. The van der Waals surface area contributed by atoms with Crippen molar-refractivity contribution in [2.45, 2.75) is 18.2 Å². The number of aromatic amines is 1. The predicted molar refractivity (Wildman–Crippen MR) is 61.1 cm³/mol. The molecule has 1 N–H and O–H groups in total. The average Bonchev–Trinajstić information content (AvgIpc) is 2.65. The average molecular weight is 265 g/mol. The number of hydrogen-bond acceptors (Lipinski definition) is 3. The molecule has 16 heavy (non-hydrogen) atoms. The van der Waals surface area contributed by atoms with Crippen LogP contribution in [0.1, 0.15) is 23.8 Å². The number of amides is 1. The molecule has 0 unspecified atom stereocenters. The Kier molecular flexibility index (Phi) is 3.98. The minimum absolute atomic E-state index is 0.0950. The first kappa shape index (κ1) is 13.1. The lowest BCUT2D eigenvalue weighted by atomic mass is 10.3. The molecule has 0 aliphatic rings. The lowest BCUT2D eigenvalue weighted by molar-refractivity contribution is 0.0790. The molecule has 1 heterocycles. The van der Waals surface area contributed by atoms with Crippen molar-refractivity contribution >= 4 is 25.6 Å². The zero-order valence-corrected chi connectivity index (χ0v) is 10.6. The van der Waals surface area contributed by atoms with E-state index in [0.717, 1.165) is 6.42 Å². The SMILES string of the molecule is CCCN(C)C(=O)c1cc(S(=O)(=O)Cl)c[nH]1. The molecule has 90 valence electrons. The zero-order chi connectivity index (χ0) is 12.3. The molecule has 0 radical (unpaired) electrons. The van der Waals surface area contributed by atoms with Crippen LogP contribution in [0.4, 0.5) is 0 Å². The van der Waals surface area contributed by atoms with Crippen LogP contribution in [0.5, 0.6) is 0 Å². The Morgan fingerprint density at radius 3 is 2.62 bits per heavy atom. The molecule has 1 aromatic heterocycles. The highest BCUT2D eigenvalue weighted by Gasteiger charge is 2.17. The highest BCUT2D eigenvalue weighted by Crippen LogP contribution is 2.16. The highest BCUT2D eigenvalue weighted by atomic mass is 35.7. The van der Waals surface area contributed by atoms with Crippen LogP contribution in [0.25, 0.3) is 0 Å². The molecule has 0 aliphatic carbocycles. The van der Waals surface area contributed by atoms with Crippen molar-refractivity contribution in [3.8, 4) is 0 Å². The van der Waals surface area contributed by atoms with Crippen LogP contribution in [-0.4, -0.2) is 37.8 Å². The van der Waals surface area contributed by atoms with Gasteiger partial charge < -0.3 is 9.88 Å². The maximum atomic E-state index is 11.7. The van der Waals surface area contributed by atoms with E-state index in [4.69, 9.17) is 10.7 Å². The lowest BCUT2D eigenvalue weighted by Gasteiger charge is -2.14. The summed E-state index contributed by atoms with van der Waals surface area (Å²) >= 11 is 0. The summed E-state index contributed by atoms with van der Waals surface area (Å²) in [6.07, 6.45) is 2.04. The first-order valence-electron chi connectivity index (χ1n) is 4.74. The first-order chi connectivity index (χ1) is 7.36. The quantitative estimate of drug-likeness (QED) is 0.836. The van der Waals surface area contributed by atoms with E-state index in [9.17, 15) is 13.2 Å². The van der Waals surface area contributed by atoms with Crippen LogP contribution in [0, 0.1) is 0 Å². The Hall–Kier alpha value is -1.01. The minimum Gasteiger partial charge on any atom is -0.356 e. The number of carbonyl (C=O) groups is 1. The summed E-state index contributed by atoms with van der Waals surface area (Å²) in [5.41, 5.74) is 0.218. The van der Waals surface area contributed by atoms with E-state index in [2.05, 4.69) is 4.98 Å². The summed E-state index contributed by atoms with van der Waals surface area (Å²) in [5.74, 6) is -0.256. The van der Waals surface area contributed by atoms with Crippen LogP contribution in [0.15, 0.2) is 17.2 Å². The van der Waals surface area contributed by atoms with Crippen molar-refractivity contribution < 1.29 is 13.2 Å². The Labute approximate surface area is 98.8 Å². The summed E-state index contributed by atoms with van der Waals surface area (Å²) in [4.78, 5) is 15.7. The molecule has 0 fully saturated rings. The summed E-state index contributed by atoms with van der Waals surface area (Å²) in [6, 6.07) is 1.23. The van der Waals surface area contributed by atoms with Gasteiger partial charge in [-0.1, -0.05) is 6.92 Å². The molecule has 1 rings (SSSR count). The molecule has 7 heteroatoms. The van der Waals surface area contributed by atoms with Gasteiger partial charge in [0.15, 0.2) is 0 Å². The van der Waals surface area contributed by atoms with E-state index < -0.39 is 9.05 Å². The fourth-order valence-electron chi connectivity index (χ4n) is 1.28. The zero-order valence-electron chi connectivity index (χ0n) is 9.03. The largest absolute Gasteiger partial charge is 0.356 e. The van der Waals surface area contributed by atoms with Crippen molar-refractivity contribution in [3.05, 3.63) is 18.0 Å². The molecular formula is C9H13ClN2O3S. The standard InChI is InChI=1S/C9H13ClN2O3S/c1-3-4-12(2)9(13)8-5-7(6-11-8)16(10,14)15/h5-6,11H,3-4H2,1-2H3. The molecule has 0 spiro atoms. The smallest absolute Gasteiger partial charge is 0.270 e. The Bertz CT molecular complexity index is 481. The van der Waals surface area contributed by atoms with E-state index >= 15 is 0 Å². The van der Waals surface area contributed by atoms with Crippen LogP contribution in [0.2, 0.25) is 0 Å². The summed E-state index contributed by atoms with van der Waals surface area (Å²) < 4.78 is 22.0. The summed E-state index contributed by atoms with van der Waals surface area (Å²) in [7, 11) is 3.02. The van der Waals surface area contributed by atoms with Gasteiger partial charge in [-0.05, 0) is 12.5 Å². The van der Waals surface area contributed by atoms with Gasteiger partial charge in [0.2, 0.25) is 0 Å². The van der Waals surface area contributed by atoms with Crippen molar-refractivity contribution in [1.82, 2.24) is 9.88 Å². The third-order valence-electron chi connectivity index (χ3n) is 2.07. The maximum absolute atomic E-state index is 11.7. The Morgan fingerprint density at radius 1 is 1.56 bits per heavy atom. The van der Waals surface area contributed by atoms with Crippen molar-refractivity contribution in [3.63, 3.8) is 0 Å². The van der Waals surface area contributed by atoms with E-state index in [1.807, 2.05) is 6.92 Å². The Morgan fingerprint density at radius 2 is 2.19 bits per heavy atom. The molecular weight excluding hydrogens is 252 g/mol. The molecule has 0 aromatic carbocycles. The van der Waals surface area contributed by atoms with E-state index in [1.165, 1.54) is 17.2 Å². The number of halogens is 1. The van der Waals surface area contributed by atoms with Crippen molar-refractivity contribution in [2.75, 3.05) is 13.6 Å². The van der Waals surface area contributed by atoms with Gasteiger partial charge in [0.05, 0.1) is 0 Å². The molecule has 1 amide bonds. The van der Waals surface area contributed by atoms with Gasteiger partial charge >= 0.3 is 0 Å². The summed E-state index contributed by atoms with van der Waals surface area (Å²) in [6.45, 7) is 2.56. The van der Waals surface area contributed by atoms with Crippen molar-refractivity contribution in [2.24, 2.45) is 0 Å². The van der Waals surface area contributed by atoms with Gasteiger partial charge in [-0.3, -0.25) is 4.79 Å². The number of aromatic nitrogens is 1. The second kappa shape index (κ2) is 4.88. The summed E-state index contributed by atoms with van der Waals surface area (Å²) in [5, 5.41) is 0. The second-order valence-electron chi connectivity index (χ2n) is 3.41. The normalized spacial score (nSPS) is 11.4. The molecule has 0 atom stereocenters. The van der Waals surface area contributed by atoms with Gasteiger partial charge in [-0.25, -0.2) is 8.42 Å². The minimum atomic E-state index is -3.78. The number of rotatable bonds is 4. The topological polar surface area (TPSA) is 70.2 Å². The Balaban J connectivity index is 2.91. The molecule has 1 aromatic rings. The predicted octanol–water partition coefficient (Wildman–Crippen LogP) is 1.42. The number of H-pyrrole nitrogens is 1. The van der Waals surface area contributed by atoms with Gasteiger partial charge in [0, 0.05) is 30.5 Å². The van der Waals surface area contributed by atoms with Crippen molar-refractivity contribution in [1.29, 1.82) is 0 Å². The number of nitrogens with zero attached hydrogens (tertiary/aromatic N) is 1. The maximum Gasteiger partial charge on any atom is 0.270 e. The van der Waals surface area contributed by atoms with E-state index in [-0.39, 0.29) is 16.5 Å². The van der Waals surface area contributed by atoms with Gasteiger partial charge in [-0.15, -0.1) is 0 Å². The molecule has 5 nitrogen and oxygen atoms in total. The lowest BCUT2D eigenvalue weighted by Crippen LogP contribution is -2.27. The van der Waals surface area contributed by atoms with E-state index in [1.54, 1.807) is 7.05 Å². The first-order valence-corrected chi connectivity index (χ1v) is 7.05. The number of nitrogens with one attached hydrogen (secondary N) is 1. The number of hydrogen-bond donors (Lipinski definition) is 1. The third-order valence-corrected chi connectivity index (χ3v) is 3.41. The monoisotopic (exact) mass is 264 g/mol. The van der Waals surface area contributed by atoms with Crippen LogP contribution < -0.4 is 0 Å². The van der Waals surface area contributed by atoms with Gasteiger partial charge in [-0.2, -0.15) is 0 Å². The van der Waals surface area contributed by atoms with Crippen LogP contribution in [-0.2, 0) is 9.05 Å². The molecule has 0 saturated carbocycles. The van der Waals surface area contributed by atoms with Gasteiger partial charge in [0.1, 0.15) is 10.6 Å². The fraction of sp³-hybridized carbons (Fsp3) is 0.444. The number of carbonyl (C=O) groups excluding carboxylic acids is 1. The highest BCUT2D eigenvalue weighted by molar-refractivity contribution is 8.13. The third kappa shape index (κ3) is 2.99. The van der Waals surface area contributed by atoms with Crippen LogP contribution >= 0.6 is 10.7 Å². The van der Waals surface area contributed by atoms with Gasteiger partial charge in [0.25, 0.3) is 15.0 Å².